The Morgan fingerprint density at radius 3 is 1.71 bits per heavy atom. The third-order valence-corrected chi connectivity index (χ3v) is 8.60. The molecule has 4 rings (SSSR count). The van der Waals surface area contributed by atoms with Gasteiger partial charge >= 0.3 is 0 Å². The van der Waals surface area contributed by atoms with Crippen molar-refractivity contribution in [2.75, 3.05) is 0 Å². The molecule has 0 N–H and O–H groups in total. The van der Waals surface area contributed by atoms with Gasteiger partial charge in [-0.05, 0) is 70.1 Å². The summed E-state index contributed by atoms with van der Waals surface area (Å²) in [7, 11) is 0. The number of hydrogen-bond acceptors (Lipinski definition) is 0. The Morgan fingerprint density at radius 1 is 0.559 bits per heavy atom. The molecular formula is C33H43Br. The summed E-state index contributed by atoms with van der Waals surface area (Å²) in [6.45, 7) is 4.62. The lowest BCUT2D eigenvalue weighted by molar-refractivity contribution is 0.398. The molecule has 0 heterocycles. The minimum absolute atomic E-state index is 0.172. The number of halogens is 1. The number of benzene rings is 3. The van der Waals surface area contributed by atoms with Gasteiger partial charge in [0.05, 0.1) is 0 Å². The van der Waals surface area contributed by atoms with Gasteiger partial charge in [-0.2, -0.15) is 0 Å². The molecule has 0 amide bonds. The molecule has 0 nitrogen and oxygen atoms in total. The lowest BCUT2D eigenvalue weighted by Gasteiger charge is -2.33. The summed E-state index contributed by atoms with van der Waals surface area (Å²) in [6.07, 6.45) is 19.0. The first-order valence-corrected chi connectivity index (χ1v) is 14.8. The molecule has 0 radical (unpaired) electrons. The molecule has 0 bridgehead atoms. The van der Waals surface area contributed by atoms with Crippen LogP contribution in [0.5, 0.6) is 0 Å². The van der Waals surface area contributed by atoms with Crippen molar-refractivity contribution in [1.82, 2.24) is 0 Å². The van der Waals surface area contributed by atoms with Gasteiger partial charge in [0.25, 0.3) is 0 Å². The number of hydrogen-bond donors (Lipinski definition) is 0. The van der Waals surface area contributed by atoms with Crippen LogP contribution in [0.15, 0.2) is 59.1 Å². The van der Waals surface area contributed by atoms with Crippen LogP contribution in [0.3, 0.4) is 0 Å². The van der Waals surface area contributed by atoms with Gasteiger partial charge in [-0.25, -0.2) is 0 Å². The lowest BCUT2D eigenvalue weighted by Crippen LogP contribution is -2.25. The first-order valence-electron chi connectivity index (χ1n) is 14.0. The zero-order chi connectivity index (χ0) is 23.8. The highest BCUT2D eigenvalue weighted by Gasteiger charge is 2.42. The van der Waals surface area contributed by atoms with Crippen LogP contribution in [0.4, 0.5) is 0 Å². The van der Waals surface area contributed by atoms with Crippen molar-refractivity contribution < 1.29 is 0 Å². The van der Waals surface area contributed by atoms with Crippen molar-refractivity contribution in [3.05, 3.63) is 70.2 Å². The molecule has 1 heteroatoms. The molecule has 1 aliphatic carbocycles. The Balaban J connectivity index is 1.67. The maximum Gasteiger partial charge on any atom is 0.0215 e. The zero-order valence-electron chi connectivity index (χ0n) is 21.5. The fourth-order valence-corrected chi connectivity index (χ4v) is 6.60. The van der Waals surface area contributed by atoms with Crippen LogP contribution in [0.25, 0.3) is 21.9 Å². The molecule has 0 spiro atoms. The van der Waals surface area contributed by atoms with Gasteiger partial charge in [0.1, 0.15) is 0 Å². The Bertz CT molecular complexity index is 1050. The minimum Gasteiger partial charge on any atom is -0.0654 e. The van der Waals surface area contributed by atoms with Gasteiger partial charge in [0.15, 0.2) is 0 Å². The van der Waals surface area contributed by atoms with Crippen LogP contribution in [0.1, 0.15) is 115 Å². The van der Waals surface area contributed by atoms with Crippen molar-refractivity contribution in [1.29, 1.82) is 0 Å². The van der Waals surface area contributed by atoms with Crippen LogP contribution in [0.2, 0.25) is 0 Å². The van der Waals surface area contributed by atoms with E-state index in [9.17, 15) is 0 Å². The van der Waals surface area contributed by atoms with E-state index in [4.69, 9.17) is 0 Å². The maximum atomic E-state index is 3.78. The van der Waals surface area contributed by atoms with Crippen LogP contribution < -0.4 is 0 Å². The van der Waals surface area contributed by atoms with Crippen LogP contribution in [0, 0.1) is 0 Å². The Labute approximate surface area is 216 Å². The Morgan fingerprint density at radius 2 is 1.09 bits per heavy atom. The standard InChI is InChI=1S/C33H43Br/c1-3-5-7-9-11-15-21-33(22-16-12-10-8-6-4-2)31-20-19-28(34)25-30(31)29-23-26-17-13-14-18-27(26)24-32(29)33/h13-14,17-20,23-25H,3-12,15-16,21-22H2,1-2H3. The predicted octanol–water partition coefficient (Wildman–Crippen LogP) is 11.4. The summed E-state index contributed by atoms with van der Waals surface area (Å²) < 4.78 is 1.19. The van der Waals surface area contributed by atoms with Gasteiger partial charge in [0, 0.05) is 9.89 Å². The normalized spacial score (nSPS) is 13.9. The summed E-state index contributed by atoms with van der Waals surface area (Å²) in [4.78, 5) is 0. The molecule has 0 fully saturated rings. The second-order valence-electron chi connectivity index (χ2n) is 10.6. The zero-order valence-corrected chi connectivity index (χ0v) is 23.1. The Kier molecular flexibility index (Phi) is 9.29. The average molecular weight is 520 g/mol. The van der Waals surface area contributed by atoms with Crippen LogP contribution >= 0.6 is 15.9 Å². The fraction of sp³-hybridized carbons (Fsp3) is 0.515. The quantitative estimate of drug-likeness (QED) is 0.186. The first kappa shape index (κ1) is 25.5. The fourth-order valence-electron chi connectivity index (χ4n) is 6.24. The number of unbranched alkanes of at least 4 members (excludes halogenated alkanes) is 10. The van der Waals surface area contributed by atoms with Gasteiger partial charge in [-0.3, -0.25) is 0 Å². The Hall–Kier alpha value is -1.60. The summed E-state index contributed by atoms with van der Waals surface area (Å²) in [6, 6.07) is 21.1. The lowest BCUT2D eigenvalue weighted by atomic mass is 9.70. The molecule has 0 unspecified atom stereocenters. The highest BCUT2D eigenvalue weighted by Crippen LogP contribution is 2.55. The van der Waals surface area contributed by atoms with E-state index >= 15 is 0 Å². The molecular weight excluding hydrogens is 476 g/mol. The molecule has 3 aromatic carbocycles. The van der Waals surface area contributed by atoms with E-state index in [2.05, 4.69) is 84.4 Å². The smallest absolute Gasteiger partial charge is 0.0215 e. The van der Waals surface area contributed by atoms with E-state index in [0.29, 0.717) is 0 Å². The highest BCUT2D eigenvalue weighted by atomic mass is 79.9. The molecule has 3 aromatic rings. The van der Waals surface area contributed by atoms with Crippen molar-refractivity contribution in [3.8, 4) is 11.1 Å². The average Bonchev–Trinajstić information content (AvgIpc) is 3.10. The SMILES string of the molecule is CCCCCCCCC1(CCCCCCCC)c2ccc(Br)cc2-c2cc3ccccc3cc21. The molecule has 1 aliphatic rings. The summed E-state index contributed by atoms with van der Waals surface area (Å²) in [5.41, 5.74) is 6.30. The van der Waals surface area contributed by atoms with E-state index in [1.165, 1.54) is 116 Å². The van der Waals surface area contributed by atoms with Gasteiger partial charge in [-0.15, -0.1) is 0 Å². The topological polar surface area (TPSA) is 0 Å². The van der Waals surface area contributed by atoms with E-state index in [1.54, 1.807) is 11.1 Å². The van der Waals surface area contributed by atoms with Crippen molar-refractivity contribution >= 4 is 26.7 Å². The molecule has 0 aliphatic heterocycles. The van der Waals surface area contributed by atoms with Crippen LogP contribution in [-0.2, 0) is 5.41 Å². The molecule has 182 valence electrons. The summed E-state index contributed by atoms with van der Waals surface area (Å²) in [5, 5.41) is 2.76. The third kappa shape index (κ3) is 5.62. The number of fused-ring (bicyclic) bond motifs is 4. The van der Waals surface area contributed by atoms with Gasteiger partial charge in [0.2, 0.25) is 0 Å². The summed E-state index contributed by atoms with van der Waals surface area (Å²) in [5.74, 6) is 0. The monoisotopic (exact) mass is 518 g/mol. The maximum absolute atomic E-state index is 3.78. The third-order valence-electron chi connectivity index (χ3n) is 8.10. The van der Waals surface area contributed by atoms with E-state index in [0.717, 1.165) is 0 Å². The van der Waals surface area contributed by atoms with Gasteiger partial charge in [-0.1, -0.05) is 137 Å². The first-order chi connectivity index (χ1) is 16.7. The largest absolute Gasteiger partial charge is 0.0654 e. The molecule has 0 saturated carbocycles. The van der Waals surface area contributed by atoms with Crippen molar-refractivity contribution in [2.45, 2.75) is 109 Å². The van der Waals surface area contributed by atoms with E-state index < -0.39 is 0 Å². The minimum atomic E-state index is 0.172. The van der Waals surface area contributed by atoms with Crippen LogP contribution in [-0.4, -0.2) is 0 Å². The molecule has 0 atom stereocenters. The second-order valence-corrected chi connectivity index (χ2v) is 11.5. The second kappa shape index (κ2) is 12.4. The molecule has 34 heavy (non-hydrogen) atoms. The van der Waals surface area contributed by atoms with E-state index in [-0.39, 0.29) is 5.41 Å². The van der Waals surface area contributed by atoms with Gasteiger partial charge < -0.3 is 0 Å². The predicted molar refractivity (Wildman–Crippen MR) is 154 cm³/mol. The highest BCUT2D eigenvalue weighted by molar-refractivity contribution is 9.10. The number of rotatable bonds is 14. The van der Waals surface area contributed by atoms with Crippen molar-refractivity contribution in [2.24, 2.45) is 0 Å². The molecule has 0 saturated heterocycles. The van der Waals surface area contributed by atoms with Crippen molar-refractivity contribution in [3.63, 3.8) is 0 Å². The molecule has 0 aromatic heterocycles. The van der Waals surface area contributed by atoms with E-state index in [1.807, 2.05) is 0 Å². The summed E-state index contributed by atoms with van der Waals surface area (Å²) >= 11 is 3.78.